The summed E-state index contributed by atoms with van der Waals surface area (Å²) >= 11 is 12.4. The number of aliphatic carboxylic acids is 1. The zero-order chi connectivity index (χ0) is 18.7. The van der Waals surface area contributed by atoms with Gasteiger partial charge in [0.15, 0.2) is 10.9 Å². The number of carbonyl (C=O) groups is 2. The number of rotatable bonds is 5. The highest BCUT2D eigenvalue weighted by Crippen LogP contribution is 2.36. The van der Waals surface area contributed by atoms with E-state index in [9.17, 15) is 9.59 Å². The lowest BCUT2D eigenvalue weighted by Crippen LogP contribution is -2.27. The Kier molecular flexibility index (Phi) is 5.61. The number of benzene rings is 2. The van der Waals surface area contributed by atoms with Crippen LogP contribution >= 0.6 is 35.6 Å². The summed E-state index contributed by atoms with van der Waals surface area (Å²) in [5.74, 6) is -0.868. The van der Waals surface area contributed by atoms with Crippen LogP contribution < -0.4 is 9.64 Å². The highest BCUT2D eigenvalue weighted by Gasteiger charge is 2.33. The number of thiocarbonyl (C=S) groups is 1. The van der Waals surface area contributed by atoms with Gasteiger partial charge in [-0.05, 0) is 48.0 Å². The maximum Gasteiger partial charge on any atom is 0.341 e. The van der Waals surface area contributed by atoms with Crippen molar-refractivity contribution in [2.75, 3.05) is 11.5 Å². The van der Waals surface area contributed by atoms with Crippen LogP contribution in [-0.2, 0) is 9.59 Å². The van der Waals surface area contributed by atoms with Gasteiger partial charge in [0.2, 0.25) is 0 Å². The van der Waals surface area contributed by atoms with Crippen molar-refractivity contribution in [3.8, 4) is 5.75 Å². The fraction of sp³-hybridized carbons (Fsp3) is 0.0556. The smallest absolute Gasteiger partial charge is 0.341 e. The van der Waals surface area contributed by atoms with Crippen LogP contribution in [0.4, 0.5) is 5.69 Å². The van der Waals surface area contributed by atoms with E-state index in [2.05, 4.69) is 0 Å². The van der Waals surface area contributed by atoms with Crippen molar-refractivity contribution in [3.05, 3.63) is 64.0 Å². The number of hydrogen-bond donors (Lipinski definition) is 1. The maximum atomic E-state index is 12.7. The van der Waals surface area contributed by atoms with Crippen molar-refractivity contribution in [1.29, 1.82) is 0 Å². The van der Waals surface area contributed by atoms with Gasteiger partial charge in [-0.15, -0.1) is 0 Å². The molecule has 1 aliphatic rings. The van der Waals surface area contributed by atoms with Gasteiger partial charge >= 0.3 is 5.97 Å². The molecule has 2 aromatic carbocycles. The molecule has 1 heterocycles. The molecule has 1 amide bonds. The van der Waals surface area contributed by atoms with E-state index in [-0.39, 0.29) is 5.91 Å². The third kappa shape index (κ3) is 4.24. The standard InChI is InChI=1S/C18H12ClNO4S2/c19-12-4-6-13(7-5-12)20-17(23)15(26-18(20)25)9-11-2-1-3-14(8-11)24-10-16(21)22/h1-9H,10H2,(H,21,22)/b15-9+. The van der Waals surface area contributed by atoms with Crippen molar-refractivity contribution >= 4 is 63.5 Å². The molecule has 8 heteroatoms. The molecule has 0 aromatic heterocycles. The molecule has 0 radical (unpaired) electrons. The first-order chi connectivity index (χ1) is 12.4. The number of thioether (sulfide) groups is 1. The van der Waals surface area contributed by atoms with Crippen LogP contribution in [0.15, 0.2) is 53.4 Å². The number of ether oxygens (including phenoxy) is 1. The lowest BCUT2D eigenvalue weighted by Gasteiger charge is -2.14. The van der Waals surface area contributed by atoms with Crippen molar-refractivity contribution in [2.24, 2.45) is 0 Å². The molecular formula is C18H12ClNO4S2. The molecule has 1 saturated heterocycles. The van der Waals surface area contributed by atoms with Gasteiger partial charge in [0.05, 0.1) is 10.6 Å². The number of amides is 1. The number of nitrogens with zero attached hydrogens (tertiary/aromatic N) is 1. The zero-order valence-electron chi connectivity index (χ0n) is 13.2. The number of carbonyl (C=O) groups excluding carboxylic acids is 1. The van der Waals surface area contributed by atoms with Crippen molar-refractivity contribution < 1.29 is 19.4 Å². The summed E-state index contributed by atoms with van der Waals surface area (Å²) in [7, 11) is 0. The Hall–Kier alpha value is -2.35. The molecule has 0 bridgehead atoms. The average Bonchev–Trinajstić information content (AvgIpc) is 2.88. The van der Waals surface area contributed by atoms with E-state index in [1.165, 1.54) is 16.7 Å². The summed E-state index contributed by atoms with van der Waals surface area (Å²) in [5, 5.41) is 9.26. The van der Waals surface area contributed by atoms with Gasteiger partial charge in [-0.2, -0.15) is 0 Å². The number of carboxylic acid groups (broad SMARTS) is 1. The Bertz CT molecular complexity index is 912. The topological polar surface area (TPSA) is 66.8 Å². The molecule has 5 nitrogen and oxygen atoms in total. The molecule has 0 spiro atoms. The Morgan fingerprint density at radius 3 is 2.69 bits per heavy atom. The molecular weight excluding hydrogens is 394 g/mol. The predicted octanol–water partition coefficient (Wildman–Crippen LogP) is 4.21. The van der Waals surface area contributed by atoms with Crippen LogP contribution in [0.1, 0.15) is 5.56 Å². The van der Waals surface area contributed by atoms with Crippen LogP contribution in [0.2, 0.25) is 5.02 Å². The van der Waals surface area contributed by atoms with E-state index < -0.39 is 12.6 Å². The van der Waals surface area contributed by atoms with Crippen LogP contribution in [0, 0.1) is 0 Å². The Balaban J connectivity index is 1.82. The Morgan fingerprint density at radius 1 is 1.27 bits per heavy atom. The molecule has 1 aliphatic heterocycles. The fourth-order valence-electron chi connectivity index (χ4n) is 2.27. The second kappa shape index (κ2) is 7.90. The number of carboxylic acids is 1. The largest absolute Gasteiger partial charge is 0.482 e. The van der Waals surface area contributed by atoms with Crippen molar-refractivity contribution in [1.82, 2.24) is 0 Å². The summed E-state index contributed by atoms with van der Waals surface area (Å²) in [5.41, 5.74) is 1.36. The minimum atomic E-state index is -1.06. The molecule has 2 aromatic rings. The molecule has 0 unspecified atom stereocenters. The normalized spacial score (nSPS) is 15.6. The fourth-order valence-corrected chi connectivity index (χ4v) is 3.70. The lowest BCUT2D eigenvalue weighted by atomic mass is 10.2. The number of halogens is 1. The molecule has 3 rings (SSSR count). The Morgan fingerprint density at radius 2 is 2.00 bits per heavy atom. The average molecular weight is 406 g/mol. The van der Waals surface area contributed by atoms with Crippen LogP contribution in [0.3, 0.4) is 0 Å². The quantitative estimate of drug-likeness (QED) is 0.593. The summed E-state index contributed by atoms with van der Waals surface area (Å²) < 4.78 is 5.59. The summed E-state index contributed by atoms with van der Waals surface area (Å²) in [6, 6.07) is 13.7. The molecule has 0 atom stereocenters. The number of anilines is 1. The molecule has 1 fully saturated rings. The van der Waals surface area contributed by atoms with Gasteiger partial charge in [0.1, 0.15) is 5.75 Å². The SMILES string of the molecule is O=C(O)COc1cccc(/C=C2/SC(=S)N(c3ccc(Cl)cc3)C2=O)c1. The summed E-state index contributed by atoms with van der Waals surface area (Å²) in [4.78, 5) is 25.2. The lowest BCUT2D eigenvalue weighted by molar-refractivity contribution is -0.139. The summed E-state index contributed by atoms with van der Waals surface area (Å²) in [6.07, 6.45) is 1.70. The summed E-state index contributed by atoms with van der Waals surface area (Å²) in [6.45, 7) is -0.428. The zero-order valence-corrected chi connectivity index (χ0v) is 15.6. The molecule has 1 N–H and O–H groups in total. The highest BCUT2D eigenvalue weighted by atomic mass is 35.5. The van der Waals surface area contributed by atoms with Crippen LogP contribution in [-0.4, -0.2) is 27.9 Å². The van der Waals surface area contributed by atoms with Gasteiger partial charge in [-0.1, -0.05) is 47.7 Å². The van der Waals surface area contributed by atoms with Gasteiger partial charge in [-0.3, -0.25) is 9.69 Å². The van der Waals surface area contributed by atoms with E-state index in [1.807, 2.05) is 0 Å². The van der Waals surface area contributed by atoms with E-state index in [4.69, 9.17) is 33.7 Å². The molecule has 0 aliphatic carbocycles. The first kappa shape index (κ1) is 18.4. The van der Waals surface area contributed by atoms with Crippen LogP contribution in [0.25, 0.3) is 6.08 Å². The van der Waals surface area contributed by atoms with Gasteiger partial charge in [0, 0.05) is 5.02 Å². The van der Waals surface area contributed by atoms with Crippen molar-refractivity contribution in [3.63, 3.8) is 0 Å². The third-order valence-electron chi connectivity index (χ3n) is 3.40. The Labute approximate surface area is 164 Å². The monoisotopic (exact) mass is 405 g/mol. The molecule has 0 saturated carbocycles. The van der Waals surface area contributed by atoms with Crippen molar-refractivity contribution in [2.45, 2.75) is 0 Å². The minimum Gasteiger partial charge on any atom is -0.482 e. The molecule has 26 heavy (non-hydrogen) atoms. The maximum absolute atomic E-state index is 12.7. The van der Waals surface area contributed by atoms with E-state index >= 15 is 0 Å². The van der Waals surface area contributed by atoms with E-state index in [0.29, 0.717) is 31.2 Å². The molecule has 132 valence electrons. The van der Waals surface area contributed by atoms with Gasteiger partial charge in [0.25, 0.3) is 5.91 Å². The number of hydrogen-bond acceptors (Lipinski definition) is 5. The van der Waals surface area contributed by atoms with Gasteiger partial charge in [-0.25, -0.2) is 4.79 Å². The highest BCUT2D eigenvalue weighted by molar-refractivity contribution is 8.27. The third-order valence-corrected chi connectivity index (χ3v) is 4.95. The van der Waals surface area contributed by atoms with E-state index in [0.717, 1.165) is 0 Å². The second-order valence-electron chi connectivity index (χ2n) is 5.25. The second-order valence-corrected chi connectivity index (χ2v) is 7.36. The minimum absolute atomic E-state index is 0.223. The van der Waals surface area contributed by atoms with Gasteiger partial charge < -0.3 is 9.84 Å². The van der Waals surface area contributed by atoms with E-state index in [1.54, 1.807) is 54.6 Å². The predicted molar refractivity (Wildman–Crippen MR) is 107 cm³/mol. The first-order valence-electron chi connectivity index (χ1n) is 7.42. The first-order valence-corrected chi connectivity index (χ1v) is 9.02. The van der Waals surface area contributed by atoms with Crippen LogP contribution in [0.5, 0.6) is 5.75 Å².